The number of aryl methyl sites for hydroxylation is 2. The molecule has 0 aliphatic rings. The number of likely N-dealkylation sites (N-methyl/N-ethyl adjacent to an activating group) is 1. The van der Waals surface area contributed by atoms with Gasteiger partial charge in [0.1, 0.15) is 17.3 Å². The molecule has 1 aromatic carbocycles. The molecule has 0 radical (unpaired) electrons. The highest BCUT2D eigenvalue weighted by Gasteiger charge is 2.10. The molecule has 0 saturated carbocycles. The predicted molar refractivity (Wildman–Crippen MR) is 96.2 cm³/mol. The fraction of sp³-hybridized carbons (Fsp3) is 0.389. The van der Waals surface area contributed by atoms with Gasteiger partial charge < -0.3 is 15.5 Å². The van der Waals surface area contributed by atoms with Crippen LogP contribution in [0.1, 0.15) is 27.4 Å². The largest absolute Gasteiger partial charge is 0.369 e. The molecular formula is C18H25N5O. The van der Waals surface area contributed by atoms with Crippen molar-refractivity contribution in [2.45, 2.75) is 20.4 Å². The van der Waals surface area contributed by atoms with Gasteiger partial charge in [0.25, 0.3) is 5.91 Å². The summed E-state index contributed by atoms with van der Waals surface area (Å²) in [4.78, 5) is 23.0. The van der Waals surface area contributed by atoms with E-state index in [1.54, 1.807) is 13.0 Å². The number of hydrogen-bond donors (Lipinski definition) is 2. The normalized spacial score (nSPS) is 10.7. The lowest BCUT2D eigenvalue weighted by atomic mass is 10.1. The Morgan fingerprint density at radius 3 is 2.67 bits per heavy atom. The topological polar surface area (TPSA) is 70.2 Å². The standard InChI is InChI=1S/C18H25N5O/c1-13-6-5-7-15(10-13)12-20-18(24)16-11-17(22-14(2)21-16)19-8-9-23(3)4/h5-7,10-11H,8-9,12H2,1-4H3,(H,20,24)(H,19,21,22). The molecule has 2 aromatic rings. The zero-order valence-corrected chi connectivity index (χ0v) is 14.8. The maximum atomic E-state index is 12.4. The van der Waals surface area contributed by atoms with E-state index in [0.29, 0.717) is 23.9 Å². The second-order valence-electron chi connectivity index (χ2n) is 6.09. The molecule has 2 N–H and O–H groups in total. The van der Waals surface area contributed by atoms with Gasteiger partial charge in [-0.2, -0.15) is 0 Å². The minimum Gasteiger partial charge on any atom is -0.369 e. The molecule has 128 valence electrons. The molecule has 0 atom stereocenters. The van der Waals surface area contributed by atoms with E-state index in [0.717, 1.165) is 18.7 Å². The van der Waals surface area contributed by atoms with Gasteiger partial charge in [-0.3, -0.25) is 4.79 Å². The summed E-state index contributed by atoms with van der Waals surface area (Å²) in [6.45, 7) is 5.94. The van der Waals surface area contributed by atoms with Gasteiger partial charge in [-0.15, -0.1) is 0 Å². The molecule has 2 rings (SSSR count). The number of hydrogen-bond acceptors (Lipinski definition) is 5. The third-order valence-electron chi connectivity index (χ3n) is 3.47. The SMILES string of the molecule is Cc1cccc(CNC(=O)c2cc(NCCN(C)C)nc(C)n2)c1. The first kappa shape index (κ1) is 17.9. The molecule has 1 amide bonds. The number of benzene rings is 1. The Kier molecular flexibility index (Phi) is 6.26. The molecule has 0 saturated heterocycles. The number of anilines is 1. The molecule has 0 spiro atoms. The van der Waals surface area contributed by atoms with E-state index in [2.05, 4.69) is 31.6 Å². The monoisotopic (exact) mass is 327 g/mol. The van der Waals surface area contributed by atoms with Crippen LogP contribution in [0, 0.1) is 13.8 Å². The van der Waals surface area contributed by atoms with Gasteiger partial charge in [-0.25, -0.2) is 9.97 Å². The molecule has 0 aliphatic heterocycles. The van der Waals surface area contributed by atoms with Crippen LogP contribution in [0.4, 0.5) is 5.82 Å². The van der Waals surface area contributed by atoms with Crippen molar-refractivity contribution >= 4 is 11.7 Å². The molecule has 6 heteroatoms. The van der Waals surface area contributed by atoms with E-state index in [-0.39, 0.29) is 5.91 Å². The summed E-state index contributed by atoms with van der Waals surface area (Å²) in [6.07, 6.45) is 0. The summed E-state index contributed by atoms with van der Waals surface area (Å²) >= 11 is 0. The van der Waals surface area contributed by atoms with Crippen molar-refractivity contribution < 1.29 is 4.79 Å². The number of aromatic nitrogens is 2. The van der Waals surface area contributed by atoms with Crippen LogP contribution < -0.4 is 10.6 Å². The van der Waals surface area contributed by atoms with E-state index >= 15 is 0 Å². The summed E-state index contributed by atoms with van der Waals surface area (Å²) in [6, 6.07) is 9.75. The van der Waals surface area contributed by atoms with Crippen molar-refractivity contribution in [1.82, 2.24) is 20.2 Å². The Morgan fingerprint density at radius 2 is 1.96 bits per heavy atom. The van der Waals surface area contributed by atoms with E-state index in [9.17, 15) is 4.79 Å². The number of carbonyl (C=O) groups excluding carboxylic acids is 1. The average molecular weight is 327 g/mol. The number of carbonyl (C=O) groups is 1. The summed E-state index contributed by atoms with van der Waals surface area (Å²) in [5.41, 5.74) is 2.62. The van der Waals surface area contributed by atoms with Crippen molar-refractivity contribution in [3.05, 3.63) is 53.0 Å². The Labute approximate surface area is 143 Å². The molecule has 24 heavy (non-hydrogen) atoms. The Hall–Kier alpha value is -2.47. The summed E-state index contributed by atoms with van der Waals surface area (Å²) in [5.74, 6) is 1.05. The Balaban J connectivity index is 1.99. The van der Waals surface area contributed by atoms with Gasteiger partial charge in [0, 0.05) is 25.7 Å². The summed E-state index contributed by atoms with van der Waals surface area (Å²) in [5, 5.41) is 6.13. The minimum absolute atomic E-state index is 0.197. The molecule has 0 fully saturated rings. The van der Waals surface area contributed by atoms with Crippen LogP contribution in [0.5, 0.6) is 0 Å². The maximum Gasteiger partial charge on any atom is 0.270 e. The van der Waals surface area contributed by atoms with E-state index in [1.165, 1.54) is 5.56 Å². The van der Waals surface area contributed by atoms with Crippen LogP contribution in [0.15, 0.2) is 30.3 Å². The highest BCUT2D eigenvalue weighted by Crippen LogP contribution is 2.08. The van der Waals surface area contributed by atoms with Crippen LogP contribution in [-0.2, 0) is 6.54 Å². The summed E-state index contributed by atoms with van der Waals surface area (Å²) in [7, 11) is 4.02. The van der Waals surface area contributed by atoms with Crippen molar-refractivity contribution in [2.24, 2.45) is 0 Å². The fourth-order valence-corrected chi connectivity index (χ4v) is 2.28. The highest BCUT2D eigenvalue weighted by molar-refractivity contribution is 5.92. The number of nitrogens with one attached hydrogen (secondary N) is 2. The van der Waals surface area contributed by atoms with Crippen LogP contribution in [0.25, 0.3) is 0 Å². The Bertz CT molecular complexity index is 700. The predicted octanol–water partition coefficient (Wildman–Crippen LogP) is 2.00. The van der Waals surface area contributed by atoms with Gasteiger partial charge in [0.2, 0.25) is 0 Å². The molecule has 0 bridgehead atoms. The van der Waals surface area contributed by atoms with Crippen molar-refractivity contribution in [3.63, 3.8) is 0 Å². The van der Waals surface area contributed by atoms with Crippen LogP contribution in [0.2, 0.25) is 0 Å². The smallest absolute Gasteiger partial charge is 0.270 e. The van der Waals surface area contributed by atoms with Crippen molar-refractivity contribution in [2.75, 3.05) is 32.5 Å². The highest BCUT2D eigenvalue weighted by atomic mass is 16.1. The first-order valence-electron chi connectivity index (χ1n) is 8.02. The first-order valence-corrected chi connectivity index (χ1v) is 8.02. The fourth-order valence-electron chi connectivity index (χ4n) is 2.28. The van der Waals surface area contributed by atoms with Gasteiger partial charge >= 0.3 is 0 Å². The zero-order valence-electron chi connectivity index (χ0n) is 14.8. The number of nitrogens with zero attached hydrogens (tertiary/aromatic N) is 3. The quantitative estimate of drug-likeness (QED) is 0.814. The second kappa shape index (κ2) is 8.40. The Morgan fingerprint density at radius 1 is 1.17 bits per heavy atom. The molecule has 0 unspecified atom stereocenters. The van der Waals surface area contributed by atoms with Crippen LogP contribution in [0.3, 0.4) is 0 Å². The minimum atomic E-state index is -0.197. The number of rotatable bonds is 7. The molecule has 1 aromatic heterocycles. The third kappa shape index (κ3) is 5.62. The van der Waals surface area contributed by atoms with Crippen LogP contribution in [-0.4, -0.2) is 48.0 Å². The van der Waals surface area contributed by atoms with Gasteiger partial charge in [-0.05, 0) is 33.5 Å². The van der Waals surface area contributed by atoms with Gasteiger partial charge in [0.15, 0.2) is 0 Å². The molecular weight excluding hydrogens is 302 g/mol. The lowest BCUT2D eigenvalue weighted by Crippen LogP contribution is -2.25. The zero-order chi connectivity index (χ0) is 17.5. The van der Waals surface area contributed by atoms with E-state index in [1.807, 2.05) is 39.2 Å². The van der Waals surface area contributed by atoms with Crippen LogP contribution >= 0.6 is 0 Å². The first-order chi connectivity index (χ1) is 11.4. The third-order valence-corrected chi connectivity index (χ3v) is 3.47. The van der Waals surface area contributed by atoms with Gasteiger partial charge in [0.05, 0.1) is 0 Å². The lowest BCUT2D eigenvalue weighted by Gasteiger charge is -2.12. The molecule has 1 heterocycles. The maximum absolute atomic E-state index is 12.4. The van der Waals surface area contributed by atoms with E-state index in [4.69, 9.17) is 0 Å². The molecule has 0 aliphatic carbocycles. The summed E-state index contributed by atoms with van der Waals surface area (Å²) < 4.78 is 0. The van der Waals surface area contributed by atoms with Crippen molar-refractivity contribution in [3.8, 4) is 0 Å². The van der Waals surface area contributed by atoms with E-state index < -0.39 is 0 Å². The second-order valence-corrected chi connectivity index (χ2v) is 6.09. The lowest BCUT2D eigenvalue weighted by molar-refractivity contribution is 0.0945. The average Bonchev–Trinajstić information content (AvgIpc) is 2.52. The van der Waals surface area contributed by atoms with Gasteiger partial charge in [-0.1, -0.05) is 29.8 Å². The molecule has 6 nitrogen and oxygen atoms in total. The van der Waals surface area contributed by atoms with Crippen molar-refractivity contribution in [1.29, 1.82) is 0 Å². The number of amides is 1.